The molecule has 3 unspecified atom stereocenters. The minimum absolute atomic E-state index is 0.00578. The number of aliphatic hydroxyl groups excluding tert-OH is 2. The van der Waals surface area contributed by atoms with Crippen LogP contribution in [0.1, 0.15) is 118 Å². The first-order valence-electron chi connectivity index (χ1n) is 22.1. The second-order valence-electron chi connectivity index (χ2n) is 21.6. The first-order valence-corrected chi connectivity index (χ1v) is 22.1. The van der Waals surface area contributed by atoms with Crippen molar-refractivity contribution in [1.82, 2.24) is 5.32 Å². The Kier molecular flexibility index (Phi) is 8.38. The van der Waals surface area contributed by atoms with Crippen molar-refractivity contribution in [3.63, 3.8) is 0 Å². The summed E-state index contributed by atoms with van der Waals surface area (Å²) in [5.74, 6) is 2.12. The monoisotopic (exact) mass is 749 g/mol. The fraction of sp³-hybridized carbons (Fsp3) is 0.889. The first kappa shape index (κ1) is 37.1. The lowest BCUT2D eigenvalue weighted by molar-refractivity contribution is -0.223. The highest BCUT2D eigenvalue weighted by atomic mass is 16.6. The molecule has 300 valence electrons. The number of ketones is 1. The Hall–Kier alpha value is -1.17. The Bertz CT molecular complexity index is 1630. The number of aliphatic hydroxyl groups is 4. The molecule has 54 heavy (non-hydrogen) atoms. The number of Topliss-reactive ketones (excluding diaryl/α,β-unsaturated/α-hetero) is 1. The Balaban J connectivity index is 1.03. The maximum atomic E-state index is 14.9. The molecule has 0 amide bonds. The Labute approximate surface area is 322 Å². The van der Waals surface area contributed by atoms with Crippen LogP contribution in [0.3, 0.4) is 0 Å². The SMILES string of the molecule is C[C@H]1CCO[C@@]([C@@H]2O[C@@H]2[C@](C)(O)[C@](C)(CO)CCC2CCNC(N)C2)([C@@H]2C[C@H]3CCC4=C5C6[C@H](C[C@@H]7C=CC[C@]68[C@@H](C[C@@H](O)C[C@@H]78)C4=O)C[C@@]2(C)[C@]53O)C1. The zero-order chi connectivity index (χ0) is 37.8. The molecule has 0 aromatic carbocycles. The van der Waals surface area contributed by atoms with E-state index in [0.717, 1.165) is 94.7 Å². The lowest BCUT2D eigenvalue weighted by Crippen LogP contribution is -2.71. The molecule has 7 N–H and O–H groups in total. The lowest BCUT2D eigenvalue weighted by atomic mass is 9.33. The highest BCUT2D eigenvalue weighted by Crippen LogP contribution is 2.79. The summed E-state index contributed by atoms with van der Waals surface area (Å²) in [7, 11) is 0. The normalized spacial score (nSPS) is 55.1. The van der Waals surface area contributed by atoms with Crippen LogP contribution in [0, 0.1) is 69.5 Å². The summed E-state index contributed by atoms with van der Waals surface area (Å²) in [6, 6.07) is 0. The molecule has 9 heteroatoms. The van der Waals surface area contributed by atoms with E-state index in [1.165, 1.54) is 0 Å². The van der Waals surface area contributed by atoms with Gasteiger partial charge in [0.15, 0.2) is 5.78 Å². The van der Waals surface area contributed by atoms with Gasteiger partial charge in [-0.3, -0.25) is 4.79 Å². The summed E-state index contributed by atoms with van der Waals surface area (Å²) in [6.45, 7) is 9.95. The van der Waals surface area contributed by atoms with Crippen molar-refractivity contribution >= 4 is 5.78 Å². The van der Waals surface area contributed by atoms with E-state index in [0.29, 0.717) is 43.1 Å². The second kappa shape index (κ2) is 12.2. The second-order valence-corrected chi connectivity index (χ2v) is 21.6. The Morgan fingerprint density at radius 3 is 2.67 bits per heavy atom. The van der Waals surface area contributed by atoms with Gasteiger partial charge in [-0.25, -0.2) is 0 Å². The van der Waals surface area contributed by atoms with Crippen molar-refractivity contribution in [2.24, 2.45) is 75.2 Å². The van der Waals surface area contributed by atoms with E-state index in [1.54, 1.807) is 0 Å². The molecule has 0 aromatic rings. The molecule has 3 aliphatic heterocycles. The summed E-state index contributed by atoms with van der Waals surface area (Å²) in [5.41, 5.74) is 3.66. The number of hydrogen-bond donors (Lipinski definition) is 6. The third-order valence-corrected chi connectivity index (χ3v) is 19.2. The lowest BCUT2D eigenvalue weighted by Gasteiger charge is -2.71. The van der Waals surface area contributed by atoms with E-state index in [1.807, 2.05) is 13.8 Å². The van der Waals surface area contributed by atoms with Gasteiger partial charge in [0.05, 0.1) is 30.1 Å². The zero-order valence-electron chi connectivity index (χ0n) is 33.3. The number of epoxide rings is 1. The van der Waals surface area contributed by atoms with E-state index >= 15 is 0 Å². The van der Waals surface area contributed by atoms with Crippen molar-refractivity contribution in [1.29, 1.82) is 0 Å². The highest BCUT2D eigenvalue weighted by molar-refractivity contribution is 6.01. The van der Waals surface area contributed by atoms with Crippen LogP contribution in [0.2, 0.25) is 0 Å². The molecule has 9 nitrogen and oxygen atoms in total. The number of piperidine rings is 1. The molecule has 10 aliphatic rings. The van der Waals surface area contributed by atoms with Gasteiger partial charge >= 0.3 is 0 Å². The molecule has 3 saturated heterocycles. The Morgan fingerprint density at radius 1 is 1.09 bits per heavy atom. The molecule has 7 fully saturated rings. The number of rotatable bonds is 8. The van der Waals surface area contributed by atoms with Gasteiger partial charge < -0.3 is 41.0 Å². The quantitative estimate of drug-likeness (QED) is 0.152. The minimum atomic E-state index is -1.30. The maximum Gasteiger partial charge on any atom is 0.162 e. The molecule has 3 heterocycles. The van der Waals surface area contributed by atoms with Crippen molar-refractivity contribution in [2.75, 3.05) is 19.8 Å². The third-order valence-electron chi connectivity index (χ3n) is 19.2. The predicted octanol–water partition coefficient (Wildman–Crippen LogP) is 4.79. The van der Waals surface area contributed by atoms with Crippen LogP contribution < -0.4 is 11.1 Å². The fourth-order valence-corrected chi connectivity index (χ4v) is 16.4. The van der Waals surface area contributed by atoms with Crippen LogP contribution in [0.25, 0.3) is 0 Å². The Morgan fingerprint density at radius 2 is 1.91 bits per heavy atom. The number of hydrogen-bond acceptors (Lipinski definition) is 9. The first-order chi connectivity index (χ1) is 25.6. The van der Waals surface area contributed by atoms with Gasteiger partial charge in [0.25, 0.3) is 0 Å². The van der Waals surface area contributed by atoms with Crippen molar-refractivity contribution in [2.45, 2.75) is 159 Å². The molecule has 4 saturated carbocycles. The van der Waals surface area contributed by atoms with Crippen LogP contribution in [0.5, 0.6) is 0 Å². The van der Waals surface area contributed by atoms with Crippen LogP contribution in [-0.4, -0.2) is 87.2 Å². The van der Waals surface area contributed by atoms with Crippen LogP contribution in [0.15, 0.2) is 23.3 Å². The summed E-state index contributed by atoms with van der Waals surface area (Å²) in [5, 5.41) is 52.0. The van der Waals surface area contributed by atoms with Crippen molar-refractivity contribution in [3.8, 4) is 0 Å². The van der Waals surface area contributed by atoms with Crippen molar-refractivity contribution < 1.29 is 34.7 Å². The smallest absolute Gasteiger partial charge is 0.162 e. The van der Waals surface area contributed by atoms with Gasteiger partial charge in [0.1, 0.15) is 17.8 Å². The van der Waals surface area contributed by atoms with Crippen molar-refractivity contribution in [3.05, 3.63) is 23.3 Å². The summed E-state index contributed by atoms with van der Waals surface area (Å²) in [6.07, 6.45) is 15.3. The predicted molar refractivity (Wildman–Crippen MR) is 204 cm³/mol. The molecule has 0 aromatic heterocycles. The number of ether oxygens (including phenoxy) is 2. The van der Waals surface area contributed by atoms with E-state index in [9.17, 15) is 25.2 Å². The maximum absolute atomic E-state index is 14.9. The van der Waals surface area contributed by atoms with Gasteiger partial charge in [-0.15, -0.1) is 0 Å². The van der Waals surface area contributed by atoms with Gasteiger partial charge in [-0.2, -0.15) is 0 Å². The van der Waals surface area contributed by atoms with Gasteiger partial charge in [-0.1, -0.05) is 32.9 Å². The third kappa shape index (κ3) is 4.65. The number of carbonyl (C=O) groups excluding carboxylic acids is 1. The average Bonchev–Trinajstić information content (AvgIpc) is 3.91. The number of carbonyl (C=O) groups is 1. The molecule has 10 rings (SSSR count). The molecular formula is C45H68N2O7. The van der Waals surface area contributed by atoms with Gasteiger partial charge in [-0.05, 0) is 167 Å². The average molecular weight is 749 g/mol. The highest BCUT2D eigenvalue weighted by Gasteiger charge is 2.80. The molecule has 19 atom stereocenters. The fourth-order valence-electron chi connectivity index (χ4n) is 16.4. The van der Waals surface area contributed by atoms with Crippen LogP contribution in [0.4, 0.5) is 0 Å². The van der Waals surface area contributed by atoms with Crippen LogP contribution >= 0.6 is 0 Å². The van der Waals surface area contributed by atoms with Gasteiger partial charge in [0.2, 0.25) is 0 Å². The van der Waals surface area contributed by atoms with E-state index in [2.05, 4.69) is 31.3 Å². The van der Waals surface area contributed by atoms with Gasteiger partial charge in [0, 0.05) is 23.4 Å². The standard InChI is InChI=1S/C45H68N2O7/c1-24-11-15-53-44(21-24,39-38(54-39)42(4,51)40(2,23-48)13-9-25-10-14-47-34(46)16-25)33-18-28-7-8-30-36-35-27(22-41(33,3)45(28,36)52)17-26-6-5-12-43(35)31(26)19-29(49)20-32(43)37(30)50/h5-6,24-29,31-35,38-39,47-49,51-52H,7-23,46H2,1-4H3/t24-,25?,26-,27+,28+,29-,31-,32-,33+,34?,35?,38-,39+,40-,41+,42-,43-,44+,45+/m0/s1. The molecule has 7 aliphatic carbocycles. The van der Waals surface area contributed by atoms with E-state index in [4.69, 9.17) is 15.2 Å². The summed E-state index contributed by atoms with van der Waals surface area (Å²) >= 11 is 0. The molecule has 0 radical (unpaired) electrons. The molecule has 2 bridgehead atoms. The number of nitrogens with one attached hydrogen (secondary N) is 1. The van der Waals surface area contributed by atoms with E-state index < -0.39 is 39.8 Å². The largest absolute Gasteiger partial charge is 0.396 e. The van der Waals surface area contributed by atoms with E-state index in [-0.39, 0.29) is 59.7 Å². The topological polar surface area (TPSA) is 158 Å². The molecule has 1 spiro atoms. The summed E-state index contributed by atoms with van der Waals surface area (Å²) < 4.78 is 14.0. The number of nitrogens with two attached hydrogens (primary N) is 1. The zero-order valence-corrected chi connectivity index (χ0v) is 33.3. The number of allylic oxidation sites excluding steroid dienone is 3. The molecular weight excluding hydrogens is 681 g/mol. The van der Waals surface area contributed by atoms with Crippen LogP contribution in [-0.2, 0) is 14.3 Å². The minimum Gasteiger partial charge on any atom is -0.396 e. The summed E-state index contributed by atoms with van der Waals surface area (Å²) in [4.78, 5) is 14.9.